The Morgan fingerprint density at radius 3 is 2.76 bits per heavy atom. The van der Waals surface area contributed by atoms with Crippen LogP contribution in [0.25, 0.3) is 0 Å². The van der Waals surface area contributed by atoms with Crippen LogP contribution in [0.1, 0.15) is 39.2 Å². The number of morpholine rings is 1. The van der Waals surface area contributed by atoms with Gasteiger partial charge >= 0.3 is 0 Å². The third-order valence-electron chi connectivity index (χ3n) is 5.68. The molecule has 2 fully saturated rings. The number of nitrogens with one attached hydrogen (secondary N) is 2. The largest absolute Gasteiger partial charge is 0.378 e. The van der Waals surface area contributed by atoms with Crippen LogP contribution in [0.4, 0.5) is 5.82 Å². The summed E-state index contributed by atoms with van der Waals surface area (Å²) in [6, 6.07) is 4.12. The number of hydrogen-bond donors (Lipinski definition) is 2. The molecule has 0 aliphatic carbocycles. The first-order chi connectivity index (χ1) is 14.0. The number of rotatable bonds is 5. The molecule has 29 heavy (non-hydrogen) atoms. The van der Waals surface area contributed by atoms with Gasteiger partial charge in [-0.2, -0.15) is 0 Å². The summed E-state index contributed by atoms with van der Waals surface area (Å²) >= 11 is 0. The lowest BCUT2D eigenvalue weighted by atomic mass is 9.78. The van der Waals surface area contributed by atoms with E-state index in [4.69, 9.17) is 9.47 Å². The lowest BCUT2D eigenvalue weighted by Gasteiger charge is -2.40. The SMILES string of the molecule is CN=C(NCc1cccnc1N1CCOCC1)NCC1CCCOC1C(C)(C)C. The topological polar surface area (TPSA) is 71.0 Å². The first kappa shape index (κ1) is 21.8. The molecule has 0 bridgehead atoms. The van der Waals surface area contributed by atoms with Crippen LogP contribution in [0, 0.1) is 11.3 Å². The zero-order chi connectivity index (χ0) is 20.7. The molecule has 3 rings (SSSR count). The molecule has 162 valence electrons. The van der Waals surface area contributed by atoms with Gasteiger partial charge in [-0.05, 0) is 24.3 Å². The van der Waals surface area contributed by atoms with Crippen LogP contribution >= 0.6 is 0 Å². The predicted octanol–water partition coefficient (Wildman–Crippen LogP) is 2.42. The summed E-state index contributed by atoms with van der Waals surface area (Å²) in [4.78, 5) is 11.3. The van der Waals surface area contributed by atoms with Crippen molar-refractivity contribution >= 4 is 11.8 Å². The highest BCUT2D eigenvalue weighted by molar-refractivity contribution is 5.79. The lowest BCUT2D eigenvalue weighted by Crippen LogP contribution is -2.47. The van der Waals surface area contributed by atoms with Crippen molar-refractivity contribution in [2.45, 2.75) is 46.3 Å². The fourth-order valence-electron chi connectivity index (χ4n) is 4.26. The Kier molecular flexibility index (Phi) is 7.72. The van der Waals surface area contributed by atoms with Crippen molar-refractivity contribution in [1.29, 1.82) is 0 Å². The number of pyridine rings is 1. The summed E-state index contributed by atoms with van der Waals surface area (Å²) < 4.78 is 11.6. The van der Waals surface area contributed by atoms with E-state index in [-0.39, 0.29) is 11.5 Å². The first-order valence-corrected chi connectivity index (χ1v) is 10.8. The van der Waals surface area contributed by atoms with Crippen molar-refractivity contribution in [3.8, 4) is 0 Å². The minimum atomic E-state index is 0.145. The average Bonchev–Trinajstić information content (AvgIpc) is 2.74. The molecular formula is C22H37N5O2. The average molecular weight is 404 g/mol. The fourth-order valence-corrected chi connectivity index (χ4v) is 4.26. The summed E-state index contributed by atoms with van der Waals surface area (Å²) in [6.07, 6.45) is 4.45. The summed E-state index contributed by atoms with van der Waals surface area (Å²) in [6.45, 7) is 12.5. The maximum absolute atomic E-state index is 6.11. The number of hydrogen-bond acceptors (Lipinski definition) is 5. The Bertz CT molecular complexity index is 667. The zero-order valence-corrected chi connectivity index (χ0v) is 18.4. The summed E-state index contributed by atoms with van der Waals surface area (Å²) in [5.41, 5.74) is 1.32. The third-order valence-corrected chi connectivity index (χ3v) is 5.68. The van der Waals surface area contributed by atoms with Gasteiger partial charge in [0.2, 0.25) is 0 Å². The highest BCUT2D eigenvalue weighted by Crippen LogP contribution is 2.33. The van der Waals surface area contributed by atoms with E-state index >= 15 is 0 Å². The van der Waals surface area contributed by atoms with E-state index in [1.807, 2.05) is 19.3 Å². The zero-order valence-electron chi connectivity index (χ0n) is 18.4. The second kappa shape index (κ2) is 10.3. The predicted molar refractivity (Wildman–Crippen MR) is 117 cm³/mol. The Hall–Kier alpha value is -1.86. The molecule has 0 aromatic carbocycles. The molecule has 1 aromatic rings. The van der Waals surface area contributed by atoms with Crippen LogP contribution < -0.4 is 15.5 Å². The second-order valence-electron chi connectivity index (χ2n) is 8.95. The van der Waals surface area contributed by atoms with E-state index in [9.17, 15) is 0 Å². The molecule has 2 N–H and O–H groups in total. The molecule has 0 radical (unpaired) electrons. The van der Waals surface area contributed by atoms with Crippen molar-refractivity contribution in [3.05, 3.63) is 23.9 Å². The van der Waals surface area contributed by atoms with Crippen LogP contribution in [0.3, 0.4) is 0 Å². The third kappa shape index (κ3) is 6.06. The van der Waals surface area contributed by atoms with Gasteiger partial charge in [0.25, 0.3) is 0 Å². The van der Waals surface area contributed by atoms with E-state index in [2.05, 4.69) is 52.3 Å². The molecule has 0 spiro atoms. The monoisotopic (exact) mass is 403 g/mol. The smallest absolute Gasteiger partial charge is 0.191 e. The Morgan fingerprint density at radius 2 is 2.03 bits per heavy atom. The van der Waals surface area contributed by atoms with Crippen molar-refractivity contribution in [2.75, 3.05) is 51.4 Å². The molecule has 2 unspecified atom stereocenters. The molecule has 1 aromatic heterocycles. The van der Waals surface area contributed by atoms with E-state index < -0.39 is 0 Å². The van der Waals surface area contributed by atoms with Gasteiger partial charge in [0.1, 0.15) is 5.82 Å². The van der Waals surface area contributed by atoms with E-state index in [1.165, 1.54) is 12.0 Å². The van der Waals surface area contributed by atoms with Gasteiger partial charge in [0.05, 0.1) is 19.3 Å². The molecule has 0 saturated carbocycles. The first-order valence-electron chi connectivity index (χ1n) is 10.8. The van der Waals surface area contributed by atoms with Gasteiger partial charge in [-0.3, -0.25) is 4.99 Å². The van der Waals surface area contributed by atoms with Gasteiger partial charge in [-0.25, -0.2) is 4.98 Å². The number of nitrogens with zero attached hydrogens (tertiary/aromatic N) is 3. The van der Waals surface area contributed by atoms with Crippen LogP contribution in [-0.2, 0) is 16.0 Å². The summed E-state index contributed by atoms with van der Waals surface area (Å²) in [7, 11) is 1.82. The highest BCUT2D eigenvalue weighted by atomic mass is 16.5. The van der Waals surface area contributed by atoms with Gasteiger partial charge < -0.3 is 25.0 Å². The molecule has 2 aliphatic rings. The minimum absolute atomic E-state index is 0.145. The molecule has 0 amide bonds. The molecule has 7 nitrogen and oxygen atoms in total. The van der Waals surface area contributed by atoms with Gasteiger partial charge in [-0.15, -0.1) is 0 Å². The second-order valence-corrected chi connectivity index (χ2v) is 8.95. The summed E-state index contributed by atoms with van der Waals surface area (Å²) in [5, 5.41) is 6.97. The molecule has 2 aliphatic heterocycles. The maximum Gasteiger partial charge on any atom is 0.191 e. The van der Waals surface area contributed by atoms with Gasteiger partial charge in [0, 0.05) is 57.5 Å². The van der Waals surface area contributed by atoms with E-state index in [0.29, 0.717) is 12.5 Å². The maximum atomic E-state index is 6.11. The molecular weight excluding hydrogens is 366 g/mol. The highest BCUT2D eigenvalue weighted by Gasteiger charge is 2.35. The molecule has 7 heteroatoms. The van der Waals surface area contributed by atoms with Crippen molar-refractivity contribution in [1.82, 2.24) is 15.6 Å². The van der Waals surface area contributed by atoms with Crippen molar-refractivity contribution in [2.24, 2.45) is 16.3 Å². The Balaban J connectivity index is 1.56. The van der Waals surface area contributed by atoms with Gasteiger partial charge in [-0.1, -0.05) is 26.8 Å². The van der Waals surface area contributed by atoms with E-state index in [0.717, 1.165) is 57.7 Å². The van der Waals surface area contributed by atoms with Crippen molar-refractivity contribution < 1.29 is 9.47 Å². The van der Waals surface area contributed by atoms with E-state index in [1.54, 1.807) is 0 Å². The number of aliphatic imine (C=N–C) groups is 1. The number of ether oxygens (including phenoxy) is 2. The Labute approximate surface area is 175 Å². The summed E-state index contributed by atoms with van der Waals surface area (Å²) in [5.74, 6) is 2.34. The van der Waals surface area contributed by atoms with Gasteiger partial charge in [0.15, 0.2) is 5.96 Å². The minimum Gasteiger partial charge on any atom is -0.378 e. The Morgan fingerprint density at radius 1 is 1.24 bits per heavy atom. The number of anilines is 1. The number of guanidine groups is 1. The molecule has 3 heterocycles. The molecule has 2 atom stereocenters. The normalized spacial score (nSPS) is 23.7. The quantitative estimate of drug-likeness (QED) is 0.581. The molecule has 2 saturated heterocycles. The van der Waals surface area contributed by atoms with Crippen molar-refractivity contribution in [3.63, 3.8) is 0 Å². The van der Waals surface area contributed by atoms with Crippen LogP contribution in [0.2, 0.25) is 0 Å². The van der Waals surface area contributed by atoms with Crippen LogP contribution in [0.5, 0.6) is 0 Å². The fraction of sp³-hybridized carbons (Fsp3) is 0.727. The van der Waals surface area contributed by atoms with Crippen LogP contribution in [0.15, 0.2) is 23.3 Å². The number of aromatic nitrogens is 1. The lowest BCUT2D eigenvalue weighted by molar-refractivity contribution is -0.0835. The standard InChI is InChI=1S/C22H37N5O2/c1-22(2,3)19-17(8-6-12-29-19)15-25-21(23-4)26-16-18-7-5-9-24-20(18)27-10-13-28-14-11-27/h5,7,9,17,19H,6,8,10-16H2,1-4H3,(H2,23,25,26). The van der Waals surface area contributed by atoms with Crippen LogP contribution in [-0.4, -0.2) is 63.6 Å².